The molecule has 2 fully saturated rings. The highest BCUT2D eigenvalue weighted by atomic mass is 16.5. The van der Waals surface area contributed by atoms with E-state index in [-0.39, 0.29) is 0 Å². The molecule has 4 nitrogen and oxygen atoms in total. The number of hydrogen-bond donors (Lipinski definition) is 0. The Labute approximate surface area is 166 Å². The monoisotopic (exact) mass is 377 g/mol. The summed E-state index contributed by atoms with van der Waals surface area (Å²) < 4.78 is 16.7. The molecule has 2 aliphatic rings. The summed E-state index contributed by atoms with van der Waals surface area (Å²) in [6, 6.07) is 0. The third-order valence-electron chi connectivity index (χ3n) is 6.18. The van der Waals surface area contributed by atoms with Crippen LogP contribution in [0.25, 0.3) is 0 Å². The third-order valence-corrected chi connectivity index (χ3v) is 6.18. The Morgan fingerprint density at radius 1 is 0.741 bits per heavy atom. The fraction of sp³-hybridized carbons (Fsp3) is 0.870. The molecule has 0 aromatic carbocycles. The molecule has 3 rings (SSSR count). The number of aromatic nitrogens is 2. The first-order chi connectivity index (χ1) is 13.4. The molecule has 1 aromatic rings. The molecule has 1 heterocycles. The normalized spacial score (nSPS) is 19.6. The van der Waals surface area contributed by atoms with Gasteiger partial charge in [-0.2, -0.15) is 0 Å². The van der Waals surface area contributed by atoms with Crippen molar-refractivity contribution in [1.29, 1.82) is 0 Å². The van der Waals surface area contributed by atoms with Gasteiger partial charge in [0.2, 0.25) is 6.33 Å². The van der Waals surface area contributed by atoms with Gasteiger partial charge in [-0.3, -0.25) is 0 Å². The second-order valence-corrected chi connectivity index (χ2v) is 8.57. The zero-order chi connectivity index (χ0) is 18.6. The number of imidazole rings is 1. The van der Waals surface area contributed by atoms with E-state index in [4.69, 9.17) is 9.47 Å². The second kappa shape index (κ2) is 12.6. The highest BCUT2D eigenvalue weighted by molar-refractivity contribution is 4.67. The van der Waals surface area contributed by atoms with E-state index in [0.29, 0.717) is 12.2 Å². The third kappa shape index (κ3) is 8.35. The van der Waals surface area contributed by atoms with E-state index in [9.17, 15) is 0 Å². The Hall–Kier alpha value is -0.870. The highest BCUT2D eigenvalue weighted by Crippen LogP contribution is 2.21. The Kier molecular flexibility index (Phi) is 9.70. The summed E-state index contributed by atoms with van der Waals surface area (Å²) in [5.74, 6) is 0. The molecule has 4 heteroatoms. The van der Waals surface area contributed by atoms with E-state index in [0.717, 1.165) is 26.3 Å². The number of rotatable bonds is 12. The Bertz CT molecular complexity index is 448. The maximum absolute atomic E-state index is 6.02. The Morgan fingerprint density at radius 2 is 1.33 bits per heavy atom. The molecule has 0 amide bonds. The summed E-state index contributed by atoms with van der Waals surface area (Å²) in [7, 11) is 0. The molecular formula is C23H41N2O2+. The smallest absolute Gasteiger partial charge is 0.243 e. The van der Waals surface area contributed by atoms with Gasteiger partial charge in [-0.25, -0.2) is 9.13 Å². The lowest BCUT2D eigenvalue weighted by molar-refractivity contribution is -0.697. The summed E-state index contributed by atoms with van der Waals surface area (Å²) in [5, 5.41) is 0. The fourth-order valence-electron chi connectivity index (χ4n) is 4.46. The molecule has 0 bridgehead atoms. The first-order valence-corrected chi connectivity index (χ1v) is 11.7. The largest absolute Gasteiger partial charge is 0.378 e. The number of hydrogen-bond acceptors (Lipinski definition) is 2. The van der Waals surface area contributed by atoms with Gasteiger partial charge in [0.1, 0.15) is 12.4 Å². The molecule has 1 aromatic heterocycles. The van der Waals surface area contributed by atoms with Crippen molar-refractivity contribution in [3.05, 3.63) is 18.7 Å². The van der Waals surface area contributed by atoms with Crippen LogP contribution >= 0.6 is 0 Å². The molecule has 0 unspecified atom stereocenters. The van der Waals surface area contributed by atoms with E-state index >= 15 is 0 Å². The Balaban J connectivity index is 1.18. The number of nitrogens with zero attached hydrogens (tertiary/aromatic N) is 2. The zero-order valence-corrected chi connectivity index (χ0v) is 17.3. The molecule has 0 saturated heterocycles. The van der Waals surface area contributed by atoms with Gasteiger partial charge in [0.15, 0.2) is 0 Å². The first-order valence-electron chi connectivity index (χ1n) is 11.7. The molecule has 154 valence electrons. The van der Waals surface area contributed by atoms with Crippen molar-refractivity contribution in [1.82, 2.24) is 4.57 Å². The van der Waals surface area contributed by atoms with Crippen LogP contribution in [0, 0.1) is 0 Å². The minimum absolute atomic E-state index is 0.551. The van der Waals surface area contributed by atoms with Crippen LogP contribution in [-0.4, -0.2) is 30.0 Å². The van der Waals surface area contributed by atoms with Crippen molar-refractivity contribution in [2.24, 2.45) is 0 Å². The van der Waals surface area contributed by atoms with Crippen LogP contribution in [0.15, 0.2) is 18.7 Å². The van der Waals surface area contributed by atoms with Gasteiger partial charge < -0.3 is 9.47 Å². The minimum Gasteiger partial charge on any atom is -0.378 e. The molecule has 0 atom stereocenters. The van der Waals surface area contributed by atoms with Crippen LogP contribution in [0.2, 0.25) is 0 Å². The lowest BCUT2D eigenvalue weighted by atomic mass is 9.98. The van der Waals surface area contributed by atoms with Gasteiger partial charge in [0.05, 0.1) is 25.3 Å². The predicted octanol–water partition coefficient (Wildman–Crippen LogP) is 5.03. The van der Waals surface area contributed by atoms with E-state index in [1.807, 2.05) is 0 Å². The van der Waals surface area contributed by atoms with Crippen LogP contribution in [0.5, 0.6) is 0 Å². The average Bonchev–Trinajstić information content (AvgIpc) is 3.17. The Morgan fingerprint density at radius 3 is 1.96 bits per heavy atom. The molecule has 27 heavy (non-hydrogen) atoms. The quantitative estimate of drug-likeness (QED) is 0.377. The molecular weight excluding hydrogens is 336 g/mol. The van der Waals surface area contributed by atoms with Crippen molar-refractivity contribution in [2.75, 3.05) is 13.2 Å². The minimum atomic E-state index is 0.551. The number of unbranched alkanes of at least 4 members (excludes halogenated alkanes) is 2. The van der Waals surface area contributed by atoms with E-state index in [1.165, 1.54) is 89.9 Å². The van der Waals surface area contributed by atoms with E-state index in [2.05, 4.69) is 27.9 Å². The van der Waals surface area contributed by atoms with Crippen molar-refractivity contribution >= 4 is 0 Å². The molecule has 0 spiro atoms. The van der Waals surface area contributed by atoms with E-state index < -0.39 is 0 Å². The van der Waals surface area contributed by atoms with Crippen molar-refractivity contribution < 1.29 is 14.0 Å². The number of aryl methyl sites for hydroxylation is 2. The van der Waals surface area contributed by atoms with Crippen molar-refractivity contribution in [3.63, 3.8) is 0 Å². The van der Waals surface area contributed by atoms with Gasteiger partial charge in [0, 0.05) is 13.2 Å². The summed E-state index contributed by atoms with van der Waals surface area (Å²) in [4.78, 5) is 0. The van der Waals surface area contributed by atoms with Crippen LogP contribution in [0.4, 0.5) is 0 Å². The average molecular weight is 378 g/mol. The van der Waals surface area contributed by atoms with E-state index in [1.54, 1.807) is 0 Å². The maximum atomic E-state index is 6.02. The first kappa shape index (κ1) is 20.9. The summed E-state index contributed by atoms with van der Waals surface area (Å²) in [5.41, 5.74) is 0. The van der Waals surface area contributed by atoms with Gasteiger partial charge in [-0.1, -0.05) is 38.5 Å². The van der Waals surface area contributed by atoms with Crippen LogP contribution in [-0.2, 0) is 22.6 Å². The molecule has 0 radical (unpaired) electrons. The fourth-order valence-corrected chi connectivity index (χ4v) is 4.46. The van der Waals surface area contributed by atoms with Gasteiger partial charge in [-0.15, -0.1) is 0 Å². The highest BCUT2D eigenvalue weighted by Gasteiger charge is 2.14. The summed E-state index contributed by atoms with van der Waals surface area (Å²) >= 11 is 0. The zero-order valence-electron chi connectivity index (χ0n) is 17.3. The lowest BCUT2D eigenvalue weighted by Gasteiger charge is -2.21. The molecule has 0 aliphatic heterocycles. The van der Waals surface area contributed by atoms with Gasteiger partial charge in [-0.05, 0) is 51.4 Å². The predicted molar refractivity (Wildman–Crippen MR) is 109 cm³/mol. The van der Waals surface area contributed by atoms with Crippen molar-refractivity contribution in [3.8, 4) is 0 Å². The van der Waals surface area contributed by atoms with Crippen LogP contribution < -0.4 is 4.57 Å². The van der Waals surface area contributed by atoms with Crippen LogP contribution in [0.1, 0.15) is 89.9 Å². The SMILES string of the molecule is c1c[n+](CCCCOC2CCCCC2)cn1CCCCOC1CCCCC1. The lowest BCUT2D eigenvalue weighted by Crippen LogP contribution is -2.31. The maximum Gasteiger partial charge on any atom is 0.243 e. The molecule has 2 saturated carbocycles. The number of ether oxygens (including phenoxy) is 2. The molecule has 2 aliphatic carbocycles. The molecule has 0 N–H and O–H groups in total. The van der Waals surface area contributed by atoms with Crippen molar-refractivity contribution in [2.45, 2.75) is 115 Å². The second-order valence-electron chi connectivity index (χ2n) is 8.57. The van der Waals surface area contributed by atoms with Crippen LogP contribution in [0.3, 0.4) is 0 Å². The standard InChI is InChI=1S/C23H41N2O2/c1-3-11-22(12-4-1)26-19-9-7-15-24-17-18-25(21-24)16-8-10-20-27-23-13-5-2-6-14-23/h17-18,21-23H,1-16,19-20H2/q+1. The van der Waals surface area contributed by atoms with Gasteiger partial charge in [0.25, 0.3) is 0 Å². The summed E-state index contributed by atoms with van der Waals surface area (Å²) in [6.07, 6.45) is 25.9. The summed E-state index contributed by atoms with van der Waals surface area (Å²) in [6.45, 7) is 4.08. The van der Waals surface area contributed by atoms with Gasteiger partial charge >= 0.3 is 0 Å². The topological polar surface area (TPSA) is 27.3 Å².